The van der Waals surface area contributed by atoms with E-state index in [0.29, 0.717) is 54.0 Å². The van der Waals surface area contributed by atoms with Gasteiger partial charge in [-0.05, 0) is 48.7 Å². The van der Waals surface area contributed by atoms with Gasteiger partial charge in [0.25, 0.3) is 11.5 Å². The minimum absolute atomic E-state index is 0.0229. The molecule has 11 heteroatoms. The lowest BCUT2D eigenvalue weighted by Crippen LogP contribution is -2.34. The molecule has 0 unspecified atom stereocenters. The van der Waals surface area contributed by atoms with Crippen molar-refractivity contribution in [2.75, 3.05) is 38.1 Å². The summed E-state index contributed by atoms with van der Waals surface area (Å²) in [5.41, 5.74) is 1.73. The summed E-state index contributed by atoms with van der Waals surface area (Å²) >= 11 is 0. The fourth-order valence-electron chi connectivity index (χ4n) is 5.24. The van der Waals surface area contributed by atoms with E-state index in [9.17, 15) is 9.59 Å². The second-order valence-corrected chi connectivity index (χ2v) is 10.5. The van der Waals surface area contributed by atoms with Gasteiger partial charge in [-0.3, -0.25) is 14.6 Å². The number of aromatic nitrogens is 3. The molecule has 3 aromatic heterocycles. The van der Waals surface area contributed by atoms with Crippen LogP contribution in [0.1, 0.15) is 28.8 Å². The monoisotopic (exact) mass is 607 g/mol. The second kappa shape index (κ2) is 13.5. The lowest BCUT2D eigenvalue weighted by Gasteiger charge is -2.25. The molecule has 1 aliphatic rings. The van der Waals surface area contributed by atoms with Crippen molar-refractivity contribution in [2.24, 2.45) is 0 Å². The Morgan fingerprint density at radius 1 is 0.956 bits per heavy atom. The number of carbonyl (C=O) groups is 1. The molecule has 6 rings (SSSR count). The molecular weight excluding hydrogens is 574 g/mol. The summed E-state index contributed by atoms with van der Waals surface area (Å²) in [7, 11) is 3.13. The number of hydrogen-bond acceptors (Lipinski definition) is 9. The maximum Gasteiger partial charge on any atom is 0.265 e. The average molecular weight is 608 g/mol. The third-order valence-electron chi connectivity index (χ3n) is 7.58. The van der Waals surface area contributed by atoms with Crippen LogP contribution < -0.4 is 30.4 Å². The zero-order chi connectivity index (χ0) is 31.2. The molecule has 1 fully saturated rings. The highest BCUT2D eigenvalue weighted by atomic mass is 16.5. The molecule has 11 nitrogen and oxygen atoms in total. The molecule has 1 saturated heterocycles. The fraction of sp³-hybridized carbons (Fsp3) is 0.235. The van der Waals surface area contributed by atoms with E-state index in [-0.39, 0.29) is 17.4 Å². The van der Waals surface area contributed by atoms with E-state index in [1.165, 1.54) is 10.8 Å². The van der Waals surface area contributed by atoms with Crippen LogP contribution in [0.4, 0.5) is 11.5 Å². The van der Waals surface area contributed by atoms with Crippen LogP contribution in [-0.2, 0) is 11.3 Å². The molecule has 0 bridgehead atoms. The van der Waals surface area contributed by atoms with Gasteiger partial charge in [0, 0.05) is 43.1 Å². The maximum absolute atomic E-state index is 13.7. The number of ether oxygens (including phenoxy) is 4. The molecule has 2 N–H and O–H groups in total. The van der Waals surface area contributed by atoms with Gasteiger partial charge >= 0.3 is 0 Å². The summed E-state index contributed by atoms with van der Waals surface area (Å²) in [6, 6.07) is 20.1. The normalized spacial score (nSPS) is 13.3. The Balaban J connectivity index is 1.23. The van der Waals surface area contributed by atoms with Crippen molar-refractivity contribution >= 4 is 28.3 Å². The van der Waals surface area contributed by atoms with Crippen LogP contribution in [0.5, 0.6) is 23.0 Å². The fourth-order valence-corrected chi connectivity index (χ4v) is 5.24. The third-order valence-corrected chi connectivity index (χ3v) is 7.58. The minimum Gasteiger partial charge on any atom is -0.493 e. The molecule has 2 aromatic carbocycles. The Kier molecular flexibility index (Phi) is 8.88. The predicted octanol–water partition coefficient (Wildman–Crippen LogP) is 5.49. The van der Waals surface area contributed by atoms with Crippen LogP contribution in [-0.4, -0.2) is 53.9 Å². The molecule has 1 amide bonds. The van der Waals surface area contributed by atoms with Crippen molar-refractivity contribution in [1.82, 2.24) is 14.5 Å². The zero-order valence-electron chi connectivity index (χ0n) is 25.0. The van der Waals surface area contributed by atoms with Gasteiger partial charge in [-0.2, -0.15) is 0 Å². The van der Waals surface area contributed by atoms with Crippen LogP contribution in [0.3, 0.4) is 0 Å². The Bertz CT molecular complexity index is 1850. The summed E-state index contributed by atoms with van der Waals surface area (Å²) in [4.78, 5) is 36.1. The van der Waals surface area contributed by atoms with Gasteiger partial charge in [0.2, 0.25) is 0 Å². The molecule has 0 aliphatic carbocycles. The number of rotatable bonds is 10. The Hall–Kier alpha value is -5.42. The second-order valence-electron chi connectivity index (χ2n) is 10.5. The Morgan fingerprint density at radius 3 is 2.47 bits per heavy atom. The highest BCUT2D eigenvalue weighted by Gasteiger charge is 2.22. The first-order chi connectivity index (χ1) is 22.0. The van der Waals surface area contributed by atoms with Crippen molar-refractivity contribution in [3.05, 3.63) is 107 Å². The van der Waals surface area contributed by atoms with Crippen molar-refractivity contribution in [2.45, 2.75) is 25.4 Å². The number of pyridine rings is 3. The molecular formula is C34H33N5O6. The van der Waals surface area contributed by atoms with Gasteiger partial charge in [0.1, 0.15) is 22.9 Å². The van der Waals surface area contributed by atoms with Crippen molar-refractivity contribution in [1.29, 1.82) is 0 Å². The van der Waals surface area contributed by atoms with Crippen LogP contribution in [0.15, 0.2) is 90.1 Å². The van der Waals surface area contributed by atoms with E-state index in [1.807, 2.05) is 30.3 Å². The van der Waals surface area contributed by atoms with Gasteiger partial charge in [-0.15, -0.1) is 0 Å². The smallest absolute Gasteiger partial charge is 0.265 e. The van der Waals surface area contributed by atoms with E-state index in [0.717, 1.165) is 23.8 Å². The van der Waals surface area contributed by atoms with Crippen LogP contribution >= 0.6 is 0 Å². The van der Waals surface area contributed by atoms with Gasteiger partial charge in [0.05, 0.1) is 38.2 Å². The molecule has 0 atom stereocenters. The molecule has 1 aliphatic heterocycles. The molecule has 0 spiro atoms. The van der Waals surface area contributed by atoms with Crippen LogP contribution in [0.25, 0.3) is 10.9 Å². The largest absolute Gasteiger partial charge is 0.493 e. The third kappa shape index (κ3) is 6.73. The van der Waals surface area contributed by atoms with Gasteiger partial charge in [-0.25, -0.2) is 4.98 Å². The summed E-state index contributed by atoms with van der Waals surface area (Å²) in [6.07, 6.45) is 6.42. The summed E-state index contributed by atoms with van der Waals surface area (Å²) in [6.45, 7) is 1.59. The lowest BCUT2D eigenvalue weighted by molar-refractivity contribution is 0.0904. The number of nitrogens with zero attached hydrogens (tertiary/aromatic N) is 3. The topological polar surface area (TPSA) is 126 Å². The van der Waals surface area contributed by atoms with E-state index >= 15 is 0 Å². The minimum atomic E-state index is -0.556. The molecule has 45 heavy (non-hydrogen) atoms. The maximum atomic E-state index is 13.7. The van der Waals surface area contributed by atoms with Gasteiger partial charge < -0.3 is 34.1 Å². The van der Waals surface area contributed by atoms with E-state index in [1.54, 1.807) is 63.0 Å². The van der Waals surface area contributed by atoms with Crippen molar-refractivity contribution in [3.8, 4) is 23.0 Å². The summed E-state index contributed by atoms with van der Waals surface area (Å²) in [5.74, 6) is 1.82. The molecule has 230 valence electrons. The Morgan fingerprint density at radius 2 is 1.73 bits per heavy atom. The first-order valence-electron chi connectivity index (χ1n) is 14.6. The number of fused-ring (bicyclic) bond motifs is 1. The number of carbonyl (C=O) groups excluding carboxylic acids is 1. The summed E-state index contributed by atoms with van der Waals surface area (Å²) in [5, 5.41) is 6.92. The van der Waals surface area contributed by atoms with Gasteiger partial charge in [0.15, 0.2) is 11.5 Å². The predicted molar refractivity (Wildman–Crippen MR) is 171 cm³/mol. The lowest BCUT2D eigenvalue weighted by atomic mass is 10.1. The highest BCUT2D eigenvalue weighted by molar-refractivity contribution is 6.07. The number of amides is 1. The average Bonchev–Trinajstić information content (AvgIpc) is 3.07. The Labute approximate surface area is 259 Å². The quantitative estimate of drug-likeness (QED) is 0.212. The van der Waals surface area contributed by atoms with Crippen molar-refractivity contribution in [3.63, 3.8) is 0 Å². The summed E-state index contributed by atoms with van der Waals surface area (Å²) < 4.78 is 24.0. The van der Waals surface area contributed by atoms with Crippen LogP contribution in [0, 0.1) is 0 Å². The molecule has 0 saturated carbocycles. The number of benzene rings is 2. The number of anilines is 2. The van der Waals surface area contributed by atoms with E-state index in [2.05, 4.69) is 20.6 Å². The van der Waals surface area contributed by atoms with E-state index in [4.69, 9.17) is 18.9 Å². The first kappa shape index (κ1) is 29.6. The molecule has 5 aromatic rings. The van der Waals surface area contributed by atoms with Gasteiger partial charge in [-0.1, -0.05) is 30.3 Å². The SMILES string of the molecule is COc1cc2nccc(Oc3ccc(NC(=O)c4c(NC5CCOCC5)ccn(Cc5ccccc5)c4=O)nc3)c2cc1OC. The number of methoxy groups -OCH3 is 2. The molecule has 0 radical (unpaired) electrons. The molecule has 4 heterocycles. The number of hydrogen-bond donors (Lipinski definition) is 2. The highest BCUT2D eigenvalue weighted by Crippen LogP contribution is 2.36. The van der Waals surface area contributed by atoms with Crippen LogP contribution in [0.2, 0.25) is 0 Å². The number of nitrogens with one attached hydrogen (secondary N) is 2. The standard InChI is InChI=1S/C34H33N5O6/c1-42-29-18-25-27(19-30(29)43-2)35-14-10-28(25)45-24-8-9-31(36-20-24)38-33(40)32-26(37-23-12-16-44-17-13-23)11-15-39(34(32)41)21-22-6-4-3-5-7-22/h3-11,14-15,18-20,23,37H,12-13,16-17,21H2,1-2H3,(H,36,38,40). The first-order valence-corrected chi connectivity index (χ1v) is 14.6. The van der Waals surface area contributed by atoms with Crippen molar-refractivity contribution < 1.29 is 23.7 Å². The van der Waals surface area contributed by atoms with E-state index < -0.39 is 11.5 Å². The zero-order valence-corrected chi connectivity index (χ0v) is 25.0.